The molecule has 0 radical (unpaired) electrons. The molecule has 1 rings (SSSR count). The summed E-state index contributed by atoms with van der Waals surface area (Å²) in [6, 6.07) is 3.77. The Bertz CT molecular complexity index is 383. The fraction of sp³-hybridized carbons (Fsp3) is 0.455. The fourth-order valence-corrected chi connectivity index (χ4v) is 1.66. The number of aryl methyl sites for hydroxylation is 2. The van der Waals surface area contributed by atoms with E-state index in [2.05, 4.69) is 0 Å². The average Bonchev–Trinajstić information content (AvgIpc) is 2.09. The lowest BCUT2D eigenvalue weighted by molar-refractivity contribution is 0.352. The summed E-state index contributed by atoms with van der Waals surface area (Å²) in [7, 11) is -3.10. The van der Waals surface area contributed by atoms with Gasteiger partial charge in [0.2, 0.25) is 7.37 Å². The normalized spacial score (nSPS) is 14.7. The Kier molecular flexibility index (Phi) is 3.58. The van der Waals surface area contributed by atoms with Crippen molar-refractivity contribution in [1.29, 1.82) is 0 Å². The third-order valence-corrected chi connectivity index (χ3v) is 2.98. The highest BCUT2D eigenvalue weighted by Gasteiger charge is 2.11. The third-order valence-electron chi connectivity index (χ3n) is 2.37. The van der Waals surface area contributed by atoms with Gasteiger partial charge in [0.1, 0.15) is 5.75 Å². The first-order valence-electron chi connectivity index (χ1n) is 4.79. The molecule has 1 unspecified atom stereocenters. The fourth-order valence-electron chi connectivity index (χ4n) is 1.27. The van der Waals surface area contributed by atoms with E-state index in [1.807, 2.05) is 32.9 Å². The summed E-state index contributed by atoms with van der Waals surface area (Å²) in [6.45, 7) is 7.34. The van der Waals surface area contributed by atoms with Crippen molar-refractivity contribution in [2.24, 2.45) is 0 Å². The van der Waals surface area contributed by atoms with Gasteiger partial charge >= 0.3 is 0 Å². The van der Waals surface area contributed by atoms with Gasteiger partial charge in [-0.15, -0.1) is 0 Å². The van der Waals surface area contributed by atoms with Crippen LogP contribution >= 0.6 is 7.37 Å². The van der Waals surface area contributed by atoms with Crippen molar-refractivity contribution in [3.63, 3.8) is 0 Å². The molecule has 1 aromatic rings. The quantitative estimate of drug-likeness (QED) is 0.809. The molecule has 0 fully saturated rings. The zero-order valence-corrected chi connectivity index (χ0v) is 10.5. The highest BCUT2D eigenvalue weighted by Crippen LogP contribution is 2.35. The summed E-state index contributed by atoms with van der Waals surface area (Å²) in [5.74, 6) is 0.659. The molecule has 1 N–H and O–H groups in total. The topological polar surface area (TPSA) is 46.5 Å². The van der Waals surface area contributed by atoms with Crippen LogP contribution in [-0.4, -0.2) is 17.9 Å². The molecule has 0 saturated carbocycles. The SMILES string of the molecule is Cc1cc(OCP(C)(=O)O)cc(C)c1C. The average molecular weight is 228 g/mol. The third kappa shape index (κ3) is 3.69. The lowest BCUT2D eigenvalue weighted by Crippen LogP contribution is -1.99. The van der Waals surface area contributed by atoms with Crippen molar-refractivity contribution in [3.8, 4) is 5.75 Å². The van der Waals surface area contributed by atoms with Gasteiger partial charge in [-0.25, -0.2) is 0 Å². The number of hydrogen-bond donors (Lipinski definition) is 1. The molecule has 0 spiro atoms. The second-order valence-electron chi connectivity index (χ2n) is 4.01. The van der Waals surface area contributed by atoms with Crippen LogP contribution in [0.3, 0.4) is 0 Å². The minimum Gasteiger partial charge on any atom is -0.484 e. The highest BCUT2D eigenvalue weighted by atomic mass is 31.2. The number of hydrogen-bond acceptors (Lipinski definition) is 2. The van der Waals surface area contributed by atoms with E-state index in [1.54, 1.807) is 0 Å². The van der Waals surface area contributed by atoms with Crippen LogP contribution in [0.5, 0.6) is 5.75 Å². The van der Waals surface area contributed by atoms with Crippen LogP contribution in [0.4, 0.5) is 0 Å². The van der Waals surface area contributed by atoms with Crippen LogP contribution in [-0.2, 0) is 4.57 Å². The van der Waals surface area contributed by atoms with Gasteiger partial charge in [0.15, 0.2) is 6.35 Å². The predicted molar refractivity (Wildman–Crippen MR) is 61.9 cm³/mol. The van der Waals surface area contributed by atoms with E-state index in [4.69, 9.17) is 9.63 Å². The van der Waals surface area contributed by atoms with Crippen LogP contribution in [0, 0.1) is 20.8 Å². The molecule has 0 saturated heterocycles. The molecule has 0 aromatic heterocycles. The van der Waals surface area contributed by atoms with Crippen molar-refractivity contribution in [2.45, 2.75) is 20.8 Å². The molecular formula is C11H17O3P. The van der Waals surface area contributed by atoms with Crippen LogP contribution in [0.2, 0.25) is 0 Å². The van der Waals surface area contributed by atoms with Gasteiger partial charge in [-0.1, -0.05) is 0 Å². The molecule has 0 amide bonds. The van der Waals surface area contributed by atoms with E-state index in [0.29, 0.717) is 5.75 Å². The first kappa shape index (κ1) is 12.3. The van der Waals surface area contributed by atoms with E-state index < -0.39 is 7.37 Å². The molecule has 0 aliphatic rings. The predicted octanol–water partition coefficient (Wildman–Crippen LogP) is 2.85. The Balaban J connectivity index is 2.84. The van der Waals surface area contributed by atoms with Crippen LogP contribution in [0.25, 0.3) is 0 Å². The standard InChI is InChI=1S/C11H17O3P/c1-8-5-11(6-9(2)10(8)3)14-7-15(4,12)13/h5-6H,7H2,1-4H3,(H,12,13). The molecule has 0 heterocycles. The molecule has 0 aliphatic carbocycles. The second-order valence-corrected chi connectivity index (χ2v) is 6.37. The maximum Gasteiger partial charge on any atom is 0.233 e. The summed E-state index contributed by atoms with van der Waals surface area (Å²) in [4.78, 5) is 9.10. The van der Waals surface area contributed by atoms with E-state index in [1.165, 1.54) is 12.2 Å². The van der Waals surface area contributed by atoms with Gasteiger partial charge in [-0.2, -0.15) is 0 Å². The second kappa shape index (κ2) is 4.38. The maximum absolute atomic E-state index is 11.1. The number of rotatable bonds is 3. The van der Waals surface area contributed by atoms with E-state index in [0.717, 1.165) is 11.1 Å². The van der Waals surface area contributed by atoms with Gasteiger partial charge in [0, 0.05) is 6.66 Å². The zero-order valence-electron chi connectivity index (χ0n) is 9.57. The minimum absolute atomic E-state index is 0.130. The highest BCUT2D eigenvalue weighted by molar-refractivity contribution is 7.56. The minimum atomic E-state index is -3.10. The van der Waals surface area contributed by atoms with E-state index in [-0.39, 0.29) is 6.35 Å². The van der Waals surface area contributed by atoms with Crippen molar-refractivity contribution in [1.82, 2.24) is 0 Å². The van der Waals surface area contributed by atoms with Crippen LogP contribution < -0.4 is 4.74 Å². The molecule has 1 atom stereocenters. The summed E-state index contributed by atoms with van der Waals surface area (Å²) in [6.07, 6.45) is -0.130. The first-order valence-corrected chi connectivity index (χ1v) is 7.09. The van der Waals surface area contributed by atoms with Gasteiger partial charge in [-0.3, -0.25) is 4.57 Å². The van der Waals surface area contributed by atoms with Crippen LogP contribution in [0.15, 0.2) is 12.1 Å². The largest absolute Gasteiger partial charge is 0.484 e. The summed E-state index contributed by atoms with van der Waals surface area (Å²) < 4.78 is 16.3. The first-order chi connectivity index (χ1) is 6.79. The van der Waals surface area contributed by atoms with Crippen molar-refractivity contribution < 1.29 is 14.2 Å². The van der Waals surface area contributed by atoms with E-state index >= 15 is 0 Å². The number of benzene rings is 1. The molecule has 0 bridgehead atoms. The summed E-state index contributed by atoms with van der Waals surface area (Å²) >= 11 is 0. The Labute approximate surface area is 90.5 Å². The van der Waals surface area contributed by atoms with Gasteiger partial charge in [-0.05, 0) is 49.6 Å². The Morgan fingerprint density at radius 1 is 1.27 bits per heavy atom. The van der Waals surface area contributed by atoms with Crippen molar-refractivity contribution in [2.75, 3.05) is 13.0 Å². The lowest BCUT2D eigenvalue weighted by Gasteiger charge is -2.12. The van der Waals surface area contributed by atoms with Crippen LogP contribution in [0.1, 0.15) is 16.7 Å². The Morgan fingerprint density at radius 3 is 2.13 bits per heavy atom. The summed E-state index contributed by atoms with van der Waals surface area (Å²) in [5.41, 5.74) is 3.49. The maximum atomic E-state index is 11.1. The summed E-state index contributed by atoms with van der Waals surface area (Å²) in [5, 5.41) is 0. The molecule has 15 heavy (non-hydrogen) atoms. The lowest BCUT2D eigenvalue weighted by atomic mass is 10.0. The monoisotopic (exact) mass is 228 g/mol. The molecule has 3 nitrogen and oxygen atoms in total. The zero-order chi connectivity index (χ0) is 11.6. The molecule has 1 aromatic carbocycles. The smallest absolute Gasteiger partial charge is 0.233 e. The molecule has 0 aliphatic heterocycles. The van der Waals surface area contributed by atoms with Gasteiger partial charge in [0.05, 0.1) is 0 Å². The number of ether oxygens (including phenoxy) is 1. The molecular weight excluding hydrogens is 211 g/mol. The van der Waals surface area contributed by atoms with E-state index in [9.17, 15) is 4.57 Å². The molecule has 4 heteroatoms. The van der Waals surface area contributed by atoms with Crippen molar-refractivity contribution >= 4 is 7.37 Å². The van der Waals surface area contributed by atoms with Gasteiger partial charge < -0.3 is 9.63 Å². The molecule has 84 valence electrons. The Hall–Kier alpha value is -0.790. The Morgan fingerprint density at radius 2 is 1.73 bits per heavy atom. The van der Waals surface area contributed by atoms with Crippen molar-refractivity contribution in [3.05, 3.63) is 28.8 Å². The van der Waals surface area contributed by atoms with Gasteiger partial charge in [0.25, 0.3) is 0 Å².